The predicted octanol–water partition coefficient (Wildman–Crippen LogP) is -0.491. The zero-order valence-electron chi connectivity index (χ0n) is 9.96. The summed E-state index contributed by atoms with van der Waals surface area (Å²) in [6.45, 7) is 0.680. The summed E-state index contributed by atoms with van der Waals surface area (Å²) in [6.07, 6.45) is 2.73. The van der Waals surface area contributed by atoms with Crippen molar-refractivity contribution in [2.75, 3.05) is 6.54 Å². The molecule has 0 aromatic carbocycles. The van der Waals surface area contributed by atoms with Crippen LogP contribution in [0.4, 0.5) is 4.79 Å². The van der Waals surface area contributed by atoms with Gasteiger partial charge in [-0.1, -0.05) is 0 Å². The summed E-state index contributed by atoms with van der Waals surface area (Å²) in [6, 6.07) is -1.43. The van der Waals surface area contributed by atoms with Crippen molar-refractivity contribution >= 4 is 17.9 Å². The number of hydrogen-bond acceptors (Lipinski definition) is 3. The van der Waals surface area contributed by atoms with Crippen LogP contribution in [-0.4, -0.2) is 46.5 Å². The minimum absolute atomic E-state index is 0.220. The molecule has 3 atom stereocenters. The molecule has 1 saturated carbocycles. The third kappa shape index (κ3) is 2.55. The Kier molecular flexibility index (Phi) is 3.40. The summed E-state index contributed by atoms with van der Waals surface area (Å²) in [7, 11) is 0. The number of aliphatic carboxylic acids is 1. The van der Waals surface area contributed by atoms with Gasteiger partial charge in [-0.05, 0) is 25.2 Å². The number of rotatable bonds is 4. The highest BCUT2D eigenvalue weighted by atomic mass is 16.4. The number of nitrogens with zero attached hydrogens (tertiary/aromatic N) is 1. The van der Waals surface area contributed by atoms with E-state index in [1.165, 1.54) is 0 Å². The van der Waals surface area contributed by atoms with E-state index < -0.39 is 23.9 Å². The standard InChI is InChI=1S/C11H17N3O4/c12-9(15)4-8(10(16)17)13-11(18)14-5-6-1-2-7(14)3-6/h6-8H,1-5H2,(H2,12,15)(H,13,18)(H,16,17). The number of nitrogens with two attached hydrogens (primary N) is 1. The SMILES string of the molecule is NC(=O)CC(NC(=O)N1CC2CCC1C2)C(=O)O. The van der Waals surface area contributed by atoms with Gasteiger partial charge < -0.3 is 21.1 Å². The lowest BCUT2D eigenvalue weighted by molar-refractivity contribution is -0.141. The number of likely N-dealkylation sites (tertiary alicyclic amines) is 1. The van der Waals surface area contributed by atoms with Gasteiger partial charge in [0.15, 0.2) is 0 Å². The van der Waals surface area contributed by atoms with Crippen LogP contribution in [0, 0.1) is 5.92 Å². The molecule has 0 aromatic rings. The maximum Gasteiger partial charge on any atom is 0.326 e. The number of fused-ring (bicyclic) bond motifs is 2. The molecule has 100 valence electrons. The Labute approximate surface area is 104 Å². The molecular weight excluding hydrogens is 238 g/mol. The van der Waals surface area contributed by atoms with Gasteiger partial charge in [0.05, 0.1) is 6.42 Å². The van der Waals surface area contributed by atoms with Gasteiger partial charge in [-0.2, -0.15) is 0 Å². The molecule has 7 nitrogen and oxygen atoms in total. The first-order valence-corrected chi connectivity index (χ1v) is 6.05. The van der Waals surface area contributed by atoms with Gasteiger partial charge in [0.1, 0.15) is 6.04 Å². The van der Waals surface area contributed by atoms with Gasteiger partial charge >= 0.3 is 12.0 Å². The smallest absolute Gasteiger partial charge is 0.326 e. The summed E-state index contributed by atoms with van der Waals surface area (Å²) < 4.78 is 0. The number of amides is 3. The largest absolute Gasteiger partial charge is 0.480 e. The first-order valence-electron chi connectivity index (χ1n) is 6.05. The molecule has 1 saturated heterocycles. The number of carboxylic acid groups (broad SMARTS) is 1. The number of urea groups is 1. The molecule has 0 spiro atoms. The summed E-state index contributed by atoms with van der Waals surface area (Å²) in [5, 5.41) is 11.3. The van der Waals surface area contributed by atoms with Crippen molar-refractivity contribution in [2.24, 2.45) is 11.7 Å². The van der Waals surface area contributed by atoms with E-state index in [0.717, 1.165) is 19.3 Å². The fourth-order valence-corrected chi connectivity index (χ4v) is 2.81. The summed E-state index contributed by atoms with van der Waals surface area (Å²) in [5.41, 5.74) is 4.95. The number of primary amides is 1. The van der Waals surface area contributed by atoms with Crippen LogP contribution in [-0.2, 0) is 9.59 Å². The molecule has 18 heavy (non-hydrogen) atoms. The van der Waals surface area contributed by atoms with E-state index in [2.05, 4.69) is 5.32 Å². The number of hydrogen-bond donors (Lipinski definition) is 3. The van der Waals surface area contributed by atoms with Crippen molar-refractivity contribution in [1.29, 1.82) is 0 Å². The van der Waals surface area contributed by atoms with Crippen molar-refractivity contribution in [3.05, 3.63) is 0 Å². The molecule has 1 aliphatic heterocycles. The minimum Gasteiger partial charge on any atom is -0.480 e. The lowest BCUT2D eigenvalue weighted by atomic mass is 10.1. The van der Waals surface area contributed by atoms with Gasteiger partial charge in [-0.3, -0.25) is 4.79 Å². The number of carboxylic acids is 1. The molecule has 1 aliphatic carbocycles. The average Bonchev–Trinajstić information content (AvgIpc) is 2.88. The Hall–Kier alpha value is -1.79. The van der Waals surface area contributed by atoms with Crippen LogP contribution in [0.3, 0.4) is 0 Å². The molecule has 7 heteroatoms. The van der Waals surface area contributed by atoms with Crippen LogP contribution in [0.15, 0.2) is 0 Å². The normalized spacial score (nSPS) is 27.0. The summed E-state index contributed by atoms with van der Waals surface area (Å²) in [4.78, 5) is 35.2. The quantitative estimate of drug-likeness (QED) is 0.629. The van der Waals surface area contributed by atoms with Gasteiger partial charge in [0, 0.05) is 12.6 Å². The van der Waals surface area contributed by atoms with E-state index in [9.17, 15) is 14.4 Å². The first-order chi connectivity index (χ1) is 8.47. The van der Waals surface area contributed by atoms with Gasteiger partial charge in [-0.25, -0.2) is 9.59 Å². The maximum absolute atomic E-state index is 11.9. The molecule has 1 heterocycles. The topological polar surface area (TPSA) is 113 Å². The molecular formula is C11H17N3O4. The molecule has 3 amide bonds. The Bertz CT molecular complexity index is 384. The fourth-order valence-electron chi connectivity index (χ4n) is 2.81. The highest BCUT2D eigenvalue weighted by Crippen LogP contribution is 2.37. The zero-order chi connectivity index (χ0) is 13.3. The third-order valence-electron chi connectivity index (χ3n) is 3.67. The molecule has 4 N–H and O–H groups in total. The predicted molar refractivity (Wildman–Crippen MR) is 61.6 cm³/mol. The van der Waals surface area contributed by atoms with Crippen LogP contribution in [0.5, 0.6) is 0 Å². The van der Waals surface area contributed by atoms with E-state index in [0.29, 0.717) is 12.5 Å². The van der Waals surface area contributed by atoms with E-state index in [4.69, 9.17) is 10.8 Å². The van der Waals surface area contributed by atoms with Crippen LogP contribution in [0.2, 0.25) is 0 Å². The first kappa shape index (κ1) is 12.7. The average molecular weight is 255 g/mol. The van der Waals surface area contributed by atoms with Crippen molar-refractivity contribution in [3.8, 4) is 0 Å². The summed E-state index contributed by atoms with van der Waals surface area (Å²) >= 11 is 0. The highest BCUT2D eigenvalue weighted by molar-refractivity contribution is 5.87. The fraction of sp³-hybridized carbons (Fsp3) is 0.727. The van der Waals surface area contributed by atoms with Crippen LogP contribution in [0.25, 0.3) is 0 Å². The monoisotopic (exact) mass is 255 g/mol. The van der Waals surface area contributed by atoms with Gasteiger partial charge in [-0.15, -0.1) is 0 Å². The van der Waals surface area contributed by atoms with Crippen LogP contribution < -0.4 is 11.1 Å². The van der Waals surface area contributed by atoms with Crippen molar-refractivity contribution in [3.63, 3.8) is 0 Å². The molecule has 0 aromatic heterocycles. The Morgan fingerprint density at radius 1 is 1.39 bits per heavy atom. The summed E-state index contributed by atoms with van der Waals surface area (Å²) in [5.74, 6) is -1.45. The van der Waals surface area contributed by atoms with Crippen LogP contribution in [0.1, 0.15) is 25.7 Å². The van der Waals surface area contributed by atoms with Crippen LogP contribution >= 0.6 is 0 Å². The highest BCUT2D eigenvalue weighted by Gasteiger charge is 2.41. The van der Waals surface area contributed by atoms with Crippen molar-refractivity contribution < 1.29 is 19.5 Å². The number of carbonyl (C=O) groups excluding carboxylic acids is 2. The maximum atomic E-state index is 11.9. The molecule has 2 bridgehead atoms. The second-order valence-electron chi connectivity index (χ2n) is 5.00. The molecule has 2 aliphatic rings. The minimum atomic E-state index is -1.24. The lowest BCUT2D eigenvalue weighted by Gasteiger charge is -2.28. The Balaban J connectivity index is 1.92. The zero-order valence-corrected chi connectivity index (χ0v) is 9.96. The van der Waals surface area contributed by atoms with Gasteiger partial charge in [0.2, 0.25) is 5.91 Å². The molecule has 3 unspecified atom stereocenters. The molecule has 2 rings (SSSR count). The lowest BCUT2D eigenvalue weighted by Crippen LogP contribution is -2.51. The number of carbonyl (C=O) groups is 3. The van der Waals surface area contributed by atoms with Gasteiger partial charge in [0.25, 0.3) is 0 Å². The van der Waals surface area contributed by atoms with E-state index in [1.807, 2.05) is 0 Å². The molecule has 2 fully saturated rings. The second kappa shape index (κ2) is 4.83. The number of piperidine rings is 1. The van der Waals surface area contributed by atoms with E-state index >= 15 is 0 Å². The van der Waals surface area contributed by atoms with E-state index in [-0.39, 0.29) is 12.5 Å². The number of nitrogens with one attached hydrogen (secondary N) is 1. The molecule has 0 radical (unpaired) electrons. The van der Waals surface area contributed by atoms with E-state index in [1.54, 1.807) is 4.90 Å². The third-order valence-corrected chi connectivity index (χ3v) is 3.67. The van der Waals surface area contributed by atoms with Crippen molar-refractivity contribution in [1.82, 2.24) is 10.2 Å². The Morgan fingerprint density at radius 3 is 2.56 bits per heavy atom. The second-order valence-corrected chi connectivity index (χ2v) is 5.00. The van der Waals surface area contributed by atoms with Crippen molar-refractivity contribution in [2.45, 2.75) is 37.8 Å². The Morgan fingerprint density at radius 2 is 2.11 bits per heavy atom.